The molecule has 5 rings (SSSR count). The van der Waals surface area contributed by atoms with Crippen LogP contribution in [0.5, 0.6) is 5.75 Å². The van der Waals surface area contributed by atoms with Crippen molar-refractivity contribution in [1.29, 1.82) is 5.26 Å². The molecular weight excluding hydrogens is 599 g/mol. The minimum absolute atomic E-state index is 0.00519. The number of nitrogens with two attached hydrogens (primary N) is 1. The molecular formula is C29H26ClFN6O3S2. The van der Waals surface area contributed by atoms with Crippen LogP contribution in [-0.4, -0.2) is 34.8 Å². The van der Waals surface area contributed by atoms with Gasteiger partial charge in [0.15, 0.2) is 10.1 Å². The van der Waals surface area contributed by atoms with Crippen LogP contribution in [0, 0.1) is 22.6 Å². The van der Waals surface area contributed by atoms with Crippen molar-refractivity contribution in [2.24, 2.45) is 11.1 Å². The van der Waals surface area contributed by atoms with Gasteiger partial charge in [-0.2, -0.15) is 5.26 Å². The van der Waals surface area contributed by atoms with Crippen LogP contribution < -0.4 is 20.7 Å². The number of carbonyl (C=O) groups is 2. The number of rotatable bonds is 7. The second-order valence-corrected chi connectivity index (χ2v) is 13.1. The van der Waals surface area contributed by atoms with E-state index in [1.807, 2.05) is 13.8 Å². The Balaban J connectivity index is 1.49. The molecule has 13 heteroatoms. The number of aromatic nitrogens is 2. The molecule has 0 fully saturated rings. The third kappa shape index (κ3) is 5.60. The van der Waals surface area contributed by atoms with Crippen molar-refractivity contribution in [3.8, 4) is 11.8 Å². The summed E-state index contributed by atoms with van der Waals surface area (Å²) in [6, 6.07) is 13.4. The average Bonchev–Trinajstić information content (AvgIpc) is 3.39. The van der Waals surface area contributed by atoms with Gasteiger partial charge >= 0.3 is 0 Å². The lowest BCUT2D eigenvalue weighted by Crippen LogP contribution is -2.42. The Kier molecular flexibility index (Phi) is 8.28. The lowest BCUT2D eigenvalue weighted by Gasteiger charge is -2.42. The van der Waals surface area contributed by atoms with Crippen LogP contribution in [-0.2, 0) is 9.59 Å². The van der Waals surface area contributed by atoms with E-state index in [9.17, 15) is 14.9 Å². The molecule has 216 valence electrons. The average molecular weight is 625 g/mol. The van der Waals surface area contributed by atoms with Crippen molar-refractivity contribution in [2.75, 3.05) is 23.1 Å². The first-order valence-corrected chi connectivity index (χ1v) is 15.0. The number of benzene rings is 2. The summed E-state index contributed by atoms with van der Waals surface area (Å²) in [5.41, 5.74) is 7.55. The van der Waals surface area contributed by atoms with E-state index in [-0.39, 0.29) is 51.4 Å². The fourth-order valence-corrected chi connectivity index (χ4v) is 7.17. The van der Waals surface area contributed by atoms with Gasteiger partial charge in [-0.05, 0) is 36.1 Å². The molecule has 1 aliphatic heterocycles. The highest BCUT2D eigenvalue weighted by Crippen LogP contribution is 2.52. The van der Waals surface area contributed by atoms with Gasteiger partial charge in [0.1, 0.15) is 17.4 Å². The van der Waals surface area contributed by atoms with Crippen LogP contribution in [0.15, 0.2) is 69.5 Å². The number of methoxy groups -OCH3 is 1. The summed E-state index contributed by atoms with van der Waals surface area (Å²) in [6.07, 6.45) is 0.624. The molecule has 3 aromatic rings. The summed E-state index contributed by atoms with van der Waals surface area (Å²) in [6.45, 7) is 3.92. The zero-order chi connectivity index (χ0) is 30.2. The summed E-state index contributed by atoms with van der Waals surface area (Å²) in [7, 11) is 1.52. The number of hydrogen-bond donors (Lipinski definition) is 2. The largest absolute Gasteiger partial charge is 0.495 e. The van der Waals surface area contributed by atoms with Crippen LogP contribution in [0.1, 0.15) is 38.2 Å². The number of amides is 1. The first kappa shape index (κ1) is 29.6. The SMILES string of the molecule is COc1ccccc1NC(=O)CSc1nnc(N2C(N)=C(C#N)C(c3c(F)cccc3Cl)C3=C2CC(C)(C)CC3=O)s1. The number of thioether (sulfide) groups is 1. The number of Topliss-reactive ketones (excluding diaryl/α,β-unsaturated/α-hetero) is 1. The van der Waals surface area contributed by atoms with E-state index in [2.05, 4.69) is 21.6 Å². The fraction of sp³-hybridized carbons (Fsp3) is 0.276. The highest BCUT2D eigenvalue weighted by Gasteiger charge is 2.46. The Bertz CT molecular complexity index is 1680. The van der Waals surface area contributed by atoms with Crippen LogP contribution in [0.25, 0.3) is 0 Å². The lowest BCUT2D eigenvalue weighted by molar-refractivity contribution is -0.118. The molecule has 1 amide bonds. The molecule has 2 aromatic carbocycles. The van der Waals surface area contributed by atoms with E-state index >= 15 is 4.39 Å². The van der Waals surface area contributed by atoms with E-state index in [0.717, 1.165) is 11.3 Å². The second-order valence-electron chi connectivity index (χ2n) is 10.5. The number of ketones is 1. The number of nitrogens with zero attached hydrogens (tertiary/aromatic N) is 4. The Morgan fingerprint density at radius 3 is 2.76 bits per heavy atom. The first-order valence-electron chi connectivity index (χ1n) is 12.8. The molecule has 1 aliphatic carbocycles. The van der Waals surface area contributed by atoms with Crippen molar-refractivity contribution >= 4 is 57.2 Å². The Morgan fingerprint density at radius 1 is 1.29 bits per heavy atom. The number of nitriles is 1. The number of carbonyl (C=O) groups excluding carboxylic acids is 2. The molecule has 2 heterocycles. The van der Waals surface area contributed by atoms with E-state index in [1.165, 1.54) is 37.1 Å². The minimum atomic E-state index is -1.06. The van der Waals surface area contributed by atoms with Gasteiger partial charge in [0.2, 0.25) is 11.0 Å². The van der Waals surface area contributed by atoms with E-state index < -0.39 is 17.2 Å². The fourth-order valence-electron chi connectivity index (χ4n) is 5.22. The topological polar surface area (TPSA) is 134 Å². The standard InChI is InChI=1S/C29H26ClFN6O3S2/c1-29(2)11-19-25(20(38)12-29)23(24-16(30)7-6-8-17(24)31)15(13-32)26(33)37(19)27-35-36-28(42-27)41-14-22(39)34-18-9-4-5-10-21(18)40-3/h4-10,23H,11-12,14,33H2,1-3H3,(H,34,39). The zero-order valence-corrected chi connectivity index (χ0v) is 25.3. The summed E-state index contributed by atoms with van der Waals surface area (Å²) in [5, 5.41) is 22.0. The molecule has 0 saturated carbocycles. The van der Waals surface area contributed by atoms with Gasteiger partial charge in [-0.1, -0.05) is 66.7 Å². The molecule has 2 aliphatic rings. The summed E-state index contributed by atoms with van der Waals surface area (Å²) in [5.74, 6) is -1.56. The van der Waals surface area contributed by atoms with Gasteiger partial charge in [-0.3, -0.25) is 14.5 Å². The van der Waals surface area contributed by atoms with E-state index in [1.54, 1.807) is 29.2 Å². The Labute approximate surface area is 255 Å². The van der Waals surface area contributed by atoms with Gasteiger partial charge < -0.3 is 15.8 Å². The van der Waals surface area contributed by atoms with Crippen LogP contribution in [0.2, 0.25) is 5.02 Å². The van der Waals surface area contributed by atoms with E-state index in [0.29, 0.717) is 33.0 Å². The predicted octanol–water partition coefficient (Wildman–Crippen LogP) is 6.01. The molecule has 1 aromatic heterocycles. The van der Waals surface area contributed by atoms with Crippen LogP contribution in [0.3, 0.4) is 0 Å². The molecule has 0 bridgehead atoms. The monoisotopic (exact) mass is 624 g/mol. The summed E-state index contributed by atoms with van der Waals surface area (Å²) < 4.78 is 21.0. The predicted molar refractivity (Wildman–Crippen MR) is 161 cm³/mol. The van der Waals surface area contributed by atoms with Crippen molar-refractivity contribution in [3.05, 3.63) is 81.5 Å². The van der Waals surface area contributed by atoms with E-state index in [4.69, 9.17) is 22.1 Å². The number of ether oxygens (including phenoxy) is 1. The number of para-hydroxylation sites is 2. The van der Waals surface area contributed by atoms with Crippen molar-refractivity contribution in [2.45, 2.75) is 36.9 Å². The molecule has 0 spiro atoms. The van der Waals surface area contributed by atoms with Gasteiger partial charge in [0.05, 0.1) is 36.1 Å². The molecule has 3 N–H and O–H groups in total. The molecule has 1 atom stereocenters. The lowest BCUT2D eigenvalue weighted by atomic mass is 9.68. The number of hydrogen-bond acceptors (Lipinski definition) is 10. The third-order valence-electron chi connectivity index (χ3n) is 6.96. The Hall–Kier alpha value is -3.92. The van der Waals surface area contributed by atoms with Gasteiger partial charge in [0, 0.05) is 28.3 Å². The van der Waals surface area contributed by atoms with Crippen LogP contribution >= 0.6 is 34.7 Å². The second kappa shape index (κ2) is 11.8. The maximum Gasteiger partial charge on any atom is 0.234 e. The smallest absolute Gasteiger partial charge is 0.234 e. The van der Waals surface area contributed by atoms with Gasteiger partial charge in [0.25, 0.3) is 0 Å². The minimum Gasteiger partial charge on any atom is -0.495 e. The molecule has 0 radical (unpaired) electrons. The number of anilines is 2. The molecule has 0 saturated heterocycles. The normalized spacial score (nSPS) is 18.0. The number of nitrogens with one attached hydrogen (secondary N) is 1. The Morgan fingerprint density at radius 2 is 2.05 bits per heavy atom. The first-order chi connectivity index (χ1) is 20.0. The third-order valence-corrected chi connectivity index (χ3v) is 9.34. The molecule has 1 unspecified atom stereocenters. The summed E-state index contributed by atoms with van der Waals surface area (Å²) >= 11 is 8.77. The maximum absolute atomic E-state index is 15.2. The van der Waals surface area contributed by atoms with Crippen molar-refractivity contribution < 1.29 is 18.7 Å². The summed E-state index contributed by atoms with van der Waals surface area (Å²) in [4.78, 5) is 27.9. The zero-order valence-electron chi connectivity index (χ0n) is 22.9. The maximum atomic E-state index is 15.2. The van der Waals surface area contributed by atoms with Gasteiger partial charge in [-0.25, -0.2) is 4.39 Å². The highest BCUT2D eigenvalue weighted by molar-refractivity contribution is 8.01. The number of allylic oxidation sites excluding steroid dienone is 3. The van der Waals surface area contributed by atoms with Gasteiger partial charge in [-0.15, -0.1) is 10.2 Å². The molecule has 9 nitrogen and oxygen atoms in total. The quantitative estimate of drug-likeness (QED) is 0.303. The molecule has 42 heavy (non-hydrogen) atoms. The number of halogens is 2. The van der Waals surface area contributed by atoms with Crippen LogP contribution in [0.4, 0.5) is 15.2 Å². The van der Waals surface area contributed by atoms with Crippen molar-refractivity contribution in [1.82, 2.24) is 10.2 Å². The highest BCUT2D eigenvalue weighted by atomic mass is 35.5. The van der Waals surface area contributed by atoms with Crippen molar-refractivity contribution in [3.63, 3.8) is 0 Å².